The van der Waals surface area contributed by atoms with Gasteiger partial charge in [-0.25, -0.2) is 0 Å². The number of allylic oxidation sites excluding steroid dienone is 4. The molecule has 3 aromatic rings. The molecule has 0 unspecified atom stereocenters. The van der Waals surface area contributed by atoms with Crippen LogP contribution in [0.25, 0.3) is 16.0 Å². The summed E-state index contributed by atoms with van der Waals surface area (Å²) in [5.74, 6) is 0. The molecule has 0 aliphatic rings. The lowest BCUT2D eigenvalue weighted by Crippen LogP contribution is -2.04. The van der Waals surface area contributed by atoms with Gasteiger partial charge in [0.1, 0.15) is 0 Å². The molecule has 2 aromatic heterocycles. The Morgan fingerprint density at radius 2 is 1.88 bits per heavy atom. The molecule has 0 fully saturated rings. The Morgan fingerprint density at radius 3 is 2.54 bits per heavy atom. The molecular weight excluding hydrogens is 356 g/mol. The fourth-order valence-corrected chi connectivity index (χ4v) is 4.36. The highest BCUT2D eigenvalue weighted by Gasteiger charge is 2.17. The third kappa shape index (κ3) is 4.09. The van der Waals surface area contributed by atoms with E-state index >= 15 is 0 Å². The molecular formula is C22H22N2S2. The van der Waals surface area contributed by atoms with Gasteiger partial charge in [0.15, 0.2) is 3.95 Å². The van der Waals surface area contributed by atoms with Gasteiger partial charge in [-0.1, -0.05) is 55.5 Å². The third-order valence-corrected chi connectivity index (χ3v) is 5.56. The van der Waals surface area contributed by atoms with Crippen molar-refractivity contribution < 1.29 is 0 Å². The van der Waals surface area contributed by atoms with E-state index in [1.807, 2.05) is 30.6 Å². The van der Waals surface area contributed by atoms with Crippen LogP contribution in [0, 0.1) is 3.95 Å². The van der Waals surface area contributed by atoms with Crippen molar-refractivity contribution in [1.29, 1.82) is 0 Å². The van der Waals surface area contributed by atoms with Gasteiger partial charge in [0.25, 0.3) is 0 Å². The topological polar surface area (TPSA) is 17.8 Å². The highest BCUT2D eigenvalue weighted by atomic mass is 32.1. The van der Waals surface area contributed by atoms with Crippen LogP contribution in [0.5, 0.6) is 0 Å². The van der Waals surface area contributed by atoms with Crippen LogP contribution in [-0.2, 0) is 6.54 Å². The summed E-state index contributed by atoms with van der Waals surface area (Å²) < 4.78 is 3.14. The second-order valence-corrected chi connectivity index (χ2v) is 7.57. The van der Waals surface area contributed by atoms with Crippen LogP contribution in [0.2, 0.25) is 0 Å². The molecule has 1 aromatic carbocycles. The number of thiazole rings is 1. The number of hydrogen-bond donors (Lipinski definition) is 0. The maximum Gasteiger partial charge on any atom is 0.162 e. The first-order valence-corrected chi connectivity index (χ1v) is 9.98. The highest BCUT2D eigenvalue weighted by Crippen LogP contribution is 2.36. The maximum atomic E-state index is 5.76. The van der Waals surface area contributed by atoms with Crippen LogP contribution in [-0.4, -0.2) is 9.55 Å². The fraction of sp³-hybridized carbons (Fsp3) is 0.182. The van der Waals surface area contributed by atoms with Crippen LogP contribution >= 0.6 is 23.6 Å². The quantitative estimate of drug-likeness (QED) is 0.348. The minimum atomic E-state index is 0.749. The lowest BCUT2D eigenvalue weighted by Gasteiger charge is -2.12. The summed E-state index contributed by atoms with van der Waals surface area (Å²) in [6.07, 6.45) is 11.2. The Balaban J connectivity index is 2.22. The van der Waals surface area contributed by atoms with E-state index in [4.69, 9.17) is 12.2 Å². The van der Waals surface area contributed by atoms with E-state index in [0.717, 1.165) is 16.9 Å². The number of pyridine rings is 1. The number of aromatic nitrogens is 2. The zero-order valence-electron chi connectivity index (χ0n) is 15.1. The van der Waals surface area contributed by atoms with Gasteiger partial charge in [0.2, 0.25) is 0 Å². The summed E-state index contributed by atoms with van der Waals surface area (Å²) in [6, 6.07) is 14.6. The molecule has 2 heterocycles. The Morgan fingerprint density at radius 1 is 1.15 bits per heavy atom. The molecule has 0 spiro atoms. The normalized spacial score (nSPS) is 12.0. The standard InChI is InChI=1S/C22H22N2S2/c1-3-8-18(9-4-2)20-21(19-10-6-5-7-11-19)26-22(25)24(20)16-17-12-14-23-15-13-17/h3,5-15H,4,16H2,1-2H3/b8-3-,18-9+. The summed E-state index contributed by atoms with van der Waals surface area (Å²) >= 11 is 7.44. The van der Waals surface area contributed by atoms with Crippen molar-refractivity contribution in [2.45, 2.75) is 26.8 Å². The van der Waals surface area contributed by atoms with Crippen molar-refractivity contribution in [2.75, 3.05) is 0 Å². The largest absolute Gasteiger partial charge is 0.318 e. The third-order valence-electron chi connectivity index (χ3n) is 4.06. The van der Waals surface area contributed by atoms with E-state index in [0.29, 0.717) is 0 Å². The first-order valence-electron chi connectivity index (χ1n) is 8.75. The summed E-state index contributed by atoms with van der Waals surface area (Å²) in [5.41, 5.74) is 4.82. The van der Waals surface area contributed by atoms with E-state index < -0.39 is 0 Å². The van der Waals surface area contributed by atoms with Crippen molar-refractivity contribution >= 4 is 29.1 Å². The molecule has 0 bridgehead atoms. The van der Waals surface area contributed by atoms with Gasteiger partial charge in [-0.15, -0.1) is 11.3 Å². The molecule has 0 amide bonds. The summed E-state index contributed by atoms with van der Waals surface area (Å²) in [6.45, 7) is 4.97. The maximum absolute atomic E-state index is 5.76. The van der Waals surface area contributed by atoms with Gasteiger partial charge in [0, 0.05) is 18.9 Å². The molecule has 26 heavy (non-hydrogen) atoms. The molecule has 0 atom stereocenters. The van der Waals surface area contributed by atoms with Crippen molar-refractivity contribution in [1.82, 2.24) is 9.55 Å². The first-order chi connectivity index (χ1) is 12.7. The highest BCUT2D eigenvalue weighted by molar-refractivity contribution is 7.73. The van der Waals surface area contributed by atoms with Crippen molar-refractivity contribution in [3.05, 3.63) is 88.3 Å². The zero-order chi connectivity index (χ0) is 18.4. The van der Waals surface area contributed by atoms with Crippen LogP contribution in [0.1, 0.15) is 31.5 Å². The number of nitrogens with zero attached hydrogens (tertiary/aromatic N) is 2. The van der Waals surface area contributed by atoms with E-state index in [2.05, 4.69) is 65.9 Å². The van der Waals surface area contributed by atoms with Crippen molar-refractivity contribution in [3.63, 3.8) is 0 Å². The Kier molecular flexibility index (Phi) is 6.31. The van der Waals surface area contributed by atoms with Crippen LogP contribution in [0.3, 0.4) is 0 Å². The molecule has 3 rings (SSSR count). The molecule has 0 aliphatic carbocycles. The lowest BCUT2D eigenvalue weighted by atomic mass is 10.0. The second kappa shape index (κ2) is 8.88. The molecule has 0 radical (unpaired) electrons. The SMILES string of the molecule is C/C=C\C(=C/CC)c1c(-c2ccccc2)sc(=S)n1Cc1ccncc1. The van der Waals surface area contributed by atoms with E-state index in [1.165, 1.54) is 27.3 Å². The van der Waals surface area contributed by atoms with Gasteiger partial charge in [0.05, 0.1) is 10.6 Å². The zero-order valence-corrected chi connectivity index (χ0v) is 16.7. The lowest BCUT2D eigenvalue weighted by molar-refractivity contribution is 0.788. The smallest absolute Gasteiger partial charge is 0.162 e. The van der Waals surface area contributed by atoms with E-state index in [-0.39, 0.29) is 0 Å². The van der Waals surface area contributed by atoms with Crippen LogP contribution < -0.4 is 0 Å². The summed E-state index contributed by atoms with van der Waals surface area (Å²) in [5, 5.41) is 0. The van der Waals surface area contributed by atoms with E-state index in [9.17, 15) is 0 Å². The second-order valence-electron chi connectivity index (χ2n) is 5.92. The molecule has 4 heteroatoms. The van der Waals surface area contributed by atoms with Gasteiger partial charge in [-0.05, 0) is 54.4 Å². The Bertz CT molecular complexity index is 964. The fourth-order valence-electron chi connectivity index (χ4n) is 2.93. The average Bonchev–Trinajstić information content (AvgIpc) is 2.99. The number of benzene rings is 1. The van der Waals surface area contributed by atoms with Gasteiger partial charge >= 0.3 is 0 Å². The molecule has 0 N–H and O–H groups in total. The van der Waals surface area contributed by atoms with Crippen molar-refractivity contribution in [2.24, 2.45) is 0 Å². The van der Waals surface area contributed by atoms with Crippen LogP contribution in [0.15, 0.2) is 73.1 Å². The van der Waals surface area contributed by atoms with Crippen molar-refractivity contribution in [3.8, 4) is 10.4 Å². The predicted octanol–water partition coefficient (Wildman–Crippen LogP) is 6.76. The van der Waals surface area contributed by atoms with Gasteiger partial charge in [-0.2, -0.15) is 0 Å². The van der Waals surface area contributed by atoms with Gasteiger partial charge in [-0.3, -0.25) is 4.98 Å². The molecule has 0 saturated heterocycles. The molecule has 0 aliphatic heterocycles. The first kappa shape index (κ1) is 18.5. The Labute approximate surface area is 164 Å². The minimum Gasteiger partial charge on any atom is -0.318 e. The number of hydrogen-bond acceptors (Lipinski definition) is 3. The van der Waals surface area contributed by atoms with E-state index in [1.54, 1.807) is 11.3 Å². The minimum absolute atomic E-state index is 0.749. The molecule has 2 nitrogen and oxygen atoms in total. The van der Waals surface area contributed by atoms with Gasteiger partial charge < -0.3 is 4.57 Å². The van der Waals surface area contributed by atoms with Crippen LogP contribution in [0.4, 0.5) is 0 Å². The molecule has 132 valence electrons. The Hall–Kier alpha value is -2.30. The summed E-state index contributed by atoms with van der Waals surface area (Å²) in [7, 11) is 0. The summed E-state index contributed by atoms with van der Waals surface area (Å²) in [4.78, 5) is 5.35. The average molecular weight is 379 g/mol. The predicted molar refractivity (Wildman–Crippen MR) is 115 cm³/mol. The monoisotopic (exact) mass is 378 g/mol. The molecule has 0 saturated carbocycles. The number of rotatable bonds is 6.